The maximum Gasteiger partial charge on any atom is 0.220 e. The molecule has 1 amide bonds. The molecule has 1 atom stereocenters. The van der Waals surface area contributed by atoms with Crippen molar-refractivity contribution in [2.24, 2.45) is 5.92 Å². The Bertz CT molecular complexity index is 615. The van der Waals surface area contributed by atoms with E-state index >= 15 is 0 Å². The van der Waals surface area contributed by atoms with Gasteiger partial charge in [-0.2, -0.15) is 5.10 Å². The second kappa shape index (κ2) is 10.3. The maximum absolute atomic E-state index is 12.0. The molecule has 0 aliphatic carbocycles. The van der Waals surface area contributed by atoms with Gasteiger partial charge in [-0.1, -0.05) is 24.3 Å². The Kier molecular flexibility index (Phi) is 8.74. The Balaban J connectivity index is 0.00000144. The zero-order valence-corrected chi connectivity index (χ0v) is 15.0. The van der Waals surface area contributed by atoms with Crippen LogP contribution in [-0.4, -0.2) is 33.8 Å². The predicted octanol–water partition coefficient (Wildman–Crippen LogP) is 1.79. The first kappa shape index (κ1) is 20.4. The summed E-state index contributed by atoms with van der Waals surface area (Å²) < 4.78 is 1.78. The highest BCUT2D eigenvalue weighted by molar-refractivity contribution is 5.85. The van der Waals surface area contributed by atoms with Crippen LogP contribution in [0.3, 0.4) is 0 Å². The van der Waals surface area contributed by atoms with Crippen LogP contribution in [0, 0.1) is 5.92 Å². The topological polar surface area (TPSA) is 71.8 Å². The fourth-order valence-corrected chi connectivity index (χ4v) is 2.79. The summed E-state index contributed by atoms with van der Waals surface area (Å²) in [4.78, 5) is 16.0. The lowest BCUT2D eigenvalue weighted by Crippen LogP contribution is -2.26. The number of halogens is 2. The van der Waals surface area contributed by atoms with E-state index in [-0.39, 0.29) is 30.7 Å². The van der Waals surface area contributed by atoms with Crippen molar-refractivity contribution >= 4 is 30.7 Å². The van der Waals surface area contributed by atoms with Crippen LogP contribution < -0.4 is 10.6 Å². The zero-order chi connectivity index (χ0) is 15.2. The van der Waals surface area contributed by atoms with Gasteiger partial charge in [-0.15, -0.1) is 24.8 Å². The first-order valence-electron chi connectivity index (χ1n) is 7.68. The Morgan fingerprint density at radius 3 is 2.75 bits per heavy atom. The van der Waals surface area contributed by atoms with Crippen molar-refractivity contribution in [3.8, 4) is 0 Å². The molecule has 6 nitrogen and oxygen atoms in total. The second-order valence-electron chi connectivity index (χ2n) is 5.70. The van der Waals surface area contributed by atoms with Gasteiger partial charge < -0.3 is 10.6 Å². The number of amides is 1. The number of benzene rings is 1. The number of carbonyl (C=O) groups is 1. The van der Waals surface area contributed by atoms with Crippen molar-refractivity contribution in [3.05, 3.63) is 48.0 Å². The third kappa shape index (κ3) is 5.78. The largest absolute Gasteiger partial charge is 0.352 e. The molecule has 2 aromatic rings. The van der Waals surface area contributed by atoms with E-state index in [4.69, 9.17) is 0 Å². The lowest BCUT2D eigenvalue weighted by molar-refractivity contribution is -0.122. The van der Waals surface area contributed by atoms with Crippen molar-refractivity contribution < 1.29 is 4.79 Å². The average Bonchev–Trinajstić information content (AvgIpc) is 3.20. The van der Waals surface area contributed by atoms with Gasteiger partial charge in [0.05, 0.1) is 6.54 Å². The van der Waals surface area contributed by atoms with E-state index in [1.807, 2.05) is 18.2 Å². The zero-order valence-electron chi connectivity index (χ0n) is 13.4. The van der Waals surface area contributed by atoms with Gasteiger partial charge in [-0.25, -0.2) is 9.67 Å². The van der Waals surface area contributed by atoms with Gasteiger partial charge in [0.1, 0.15) is 12.7 Å². The van der Waals surface area contributed by atoms with Gasteiger partial charge >= 0.3 is 0 Å². The van der Waals surface area contributed by atoms with Gasteiger partial charge in [0.15, 0.2) is 0 Å². The van der Waals surface area contributed by atoms with E-state index in [0.29, 0.717) is 25.4 Å². The van der Waals surface area contributed by atoms with Crippen LogP contribution in [0.2, 0.25) is 0 Å². The second-order valence-corrected chi connectivity index (χ2v) is 5.70. The van der Waals surface area contributed by atoms with E-state index in [1.165, 1.54) is 6.33 Å². The van der Waals surface area contributed by atoms with Gasteiger partial charge in [-0.05, 0) is 36.6 Å². The molecule has 0 saturated carbocycles. The van der Waals surface area contributed by atoms with E-state index in [0.717, 1.165) is 30.6 Å². The Labute approximate surface area is 154 Å². The Morgan fingerprint density at radius 2 is 2.08 bits per heavy atom. The summed E-state index contributed by atoms with van der Waals surface area (Å²) in [5.74, 6) is 0.606. The molecule has 0 radical (unpaired) electrons. The fourth-order valence-electron chi connectivity index (χ4n) is 2.79. The number of nitrogens with one attached hydrogen (secondary N) is 2. The molecule has 1 aromatic heterocycles. The van der Waals surface area contributed by atoms with Crippen LogP contribution >= 0.6 is 24.8 Å². The first-order valence-corrected chi connectivity index (χ1v) is 7.68. The summed E-state index contributed by atoms with van der Waals surface area (Å²) in [5.41, 5.74) is 2.27. The number of hydrogen-bond donors (Lipinski definition) is 2. The fraction of sp³-hybridized carbons (Fsp3) is 0.438. The highest BCUT2D eigenvalue weighted by Gasteiger charge is 2.17. The standard InChI is InChI=1S/C16H21N5O.2ClH/c22-16(7-13-5-6-17-8-13)19-9-14-3-1-2-4-15(14)10-21-12-18-11-20-21;;/h1-4,11-13,17H,5-10H2,(H,19,22);2*1H. The third-order valence-electron chi connectivity index (χ3n) is 4.03. The molecule has 1 aliphatic heterocycles. The molecule has 24 heavy (non-hydrogen) atoms. The van der Waals surface area contributed by atoms with E-state index in [1.54, 1.807) is 11.0 Å². The lowest BCUT2D eigenvalue weighted by Gasteiger charge is -2.12. The molecule has 0 spiro atoms. The van der Waals surface area contributed by atoms with Crippen molar-refractivity contribution in [1.29, 1.82) is 0 Å². The van der Waals surface area contributed by atoms with Gasteiger partial charge in [0, 0.05) is 13.0 Å². The average molecular weight is 372 g/mol. The molecule has 8 heteroatoms. The van der Waals surface area contributed by atoms with Crippen LogP contribution in [0.1, 0.15) is 24.0 Å². The van der Waals surface area contributed by atoms with Crippen LogP contribution in [0.25, 0.3) is 0 Å². The van der Waals surface area contributed by atoms with Crippen molar-refractivity contribution in [1.82, 2.24) is 25.4 Å². The minimum atomic E-state index is 0. The first-order chi connectivity index (χ1) is 10.8. The van der Waals surface area contributed by atoms with E-state index in [9.17, 15) is 4.79 Å². The van der Waals surface area contributed by atoms with E-state index in [2.05, 4.69) is 26.8 Å². The van der Waals surface area contributed by atoms with E-state index < -0.39 is 0 Å². The SMILES string of the molecule is Cl.Cl.O=C(CC1CCNC1)NCc1ccccc1Cn1cncn1. The summed E-state index contributed by atoms with van der Waals surface area (Å²) in [6, 6.07) is 8.10. The third-order valence-corrected chi connectivity index (χ3v) is 4.03. The normalized spacial score (nSPS) is 16.1. The van der Waals surface area contributed by atoms with Crippen LogP contribution in [0.15, 0.2) is 36.9 Å². The van der Waals surface area contributed by atoms with Gasteiger partial charge in [0.2, 0.25) is 5.91 Å². The van der Waals surface area contributed by atoms with Crippen molar-refractivity contribution in [3.63, 3.8) is 0 Å². The Hall–Kier alpha value is -1.63. The Morgan fingerprint density at radius 1 is 1.29 bits per heavy atom. The number of aromatic nitrogens is 3. The lowest BCUT2D eigenvalue weighted by atomic mass is 10.0. The minimum absolute atomic E-state index is 0. The van der Waals surface area contributed by atoms with Crippen LogP contribution in [0.4, 0.5) is 0 Å². The number of hydrogen-bond acceptors (Lipinski definition) is 4. The predicted molar refractivity (Wildman–Crippen MR) is 97.5 cm³/mol. The summed E-state index contributed by atoms with van der Waals surface area (Å²) >= 11 is 0. The summed E-state index contributed by atoms with van der Waals surface area (Å²) in [6.07, 6.45) is 4.93. The summed E-state index contributed by atoms with van der Waals surface area (Å²) in [6.45, 7) is 3.21. The highest BCUT2D eigenvalue weighted by atomic mass is 35.5. The molecule has 132 valence electrons. The minimum Gasteiger partial charge on any atom is -0.352 e. The van der Waals surface area contributed by atoms with Crippen molar-refractivity contribution in [2.45, 2.75) is 25.9 Å². The molecular formula is C16H23Cl2N5O. The monoisotopic (exact) mass is 371 g/mol. The molecule has 1 saturated heterocycles. The van der Waals surface area contributed by atoms with Gasteiger partial charge in [0.25, 0.3) is 0 Å². The smallest absolute Gasteiger partial charge is 0.220 e. The number of rotatable bonds is 6. The molecular weight excluding hydrogens is 349 g/mol. The number of carbonyl (C=O) groups excluding carboxylic acids is 1. The molecule has 2 N–H and O–H groups in total. The van der Waals surface area contributed by atoms with Gasteiger partial charge in [-0.3, -0.25) is 4.79 Å². The molecule has 0 bridgehead atoms. The quantitative estimate of drug-likeness (QED) is 0.811. The summed E-state index contributed by atoms with van der Waals surface area (Å²) in [7, 11) is 0. The van der Waals surface area contributed by atoms with Crippen LogP contribution in [0.5, 0.6) is 0 Å². The summed E-state index contributed by atoms with van der Waals surface area (Å²) in [5, 5.41) is 10.5. The van der Waals surface area contributed by atoms with Crippen molar-refractivity contribution in [2.75, 3.05) is 13.1 Å². The molecule has 1 fully saturated rings. The maximum atomic E-state index is 12.0. The molecule has 2 heterocycles. The molecule has 3 rings (SSSR count). The molecule has 1 unspecified atom stereocenters. The van der Waals surface area contributed by atoms with Crippen LogP contribution in [-0.2, 0) is 17.9 Å². The molecule has 1 aliphatic rings. The molecule has 1 aromatic carbocycles. The number of nitrogens with zero attached hydrogens (tertiary/aromatic N) is 3. The highest BCUT2D eigenvalue weighted by Crippen LogP contribution is 2.13.